The van der Waals surface area contributed by atoms with Gasteiger partial charge in [0, 0.05) is 94.2 Å². The van der Waals surface area contributed by atoms with Crippen molar-refractivity contribution in [1.82, 2.24) is 14.7 Å². The average Bonchev–Trinajstić information content (AvgIpc) is 3.00. The van der Waals surface area contributed by atoms with E-state index in [0.717, 1.165) is 79.2 Å². The number of benzene rings is 3. The van der Waals surface area contributed by atoms with E-state index in [-0.39, 0.29) is 0 Å². The van der Waals surface area contributed by atoms with Gasteiger partial charge >= 0.3 is 0 Å². The van der Waals surface area contributed by atoms with E-state index < -0.39 is 0 Å². The Morgan fingerprint density at radius 3 is 1.34 bits per heavy atom. The van der Waals surface area contributed by atoms with Crippen LogP contribution in [0.3, 0.4) is 0 Å². The first kappa shape index (κ1) is 28.1. The molecule has 204 valence electrons. The first-order valence-electron chi connectivity index (χ1n) is 13.6. The molecule has 0 aliphatic carbocycles. The number of phenolic OH excluding ortho intramolecular Hbond substituents is 2. The number of nitrogens with zero attached hydrogens (tertiary/aromatic N) is 3. The Labute approximate surface area is 227 Å². The zero-order valence-electron chi connectivity index (χ0n) is 22.9. The van der Waals surface area contributed by atoms with Gasteiger partial charge in [0.25, 0.3) is 0 Å². The standard InChI is InChI=1S/C31H43N5O2/c1-23-14-26(18-32)30(37)28(16-23)21-35-10-8-34(20-25-6-4-3-5-7-25)9-11-36(13-12-35)22-29-17-24(2)15-27(19-33)31(29)38/h3-7,14-17,37-38H,8-13,18-22,32-33H2,1-2H3. The van der Waals surface area contributed by atoms with Crippen LogP contribution in [0.5, 0.6) is 11.5 Å². The van der Waals surface area contributed by atoms with Crippen LogP contribution in [-0.2, 0) is 32.7 Å². The maximum Gasteiger partial charge on any atom is 0.124 e. The third-order valence-electron chi connectivity index (χ3n) is 7.50. The van der Waals surface area contributed by atoms with Gasteiger partial charge in [0.2, 0.25) is 0 Å². The number of phenols is 2. The van der Waals surface area contributed by atoms with Crippen molar-refractivity contribution in [3.05, 3.63) is 93.5 Å². The Bertz CT molecular complexity index is 1130. The summed E-state index contributed by atoms with van der Waals surface area (Å²) in [7, 11) is 0. The monoisotopic (exact) mass is 517 g/mol. The van der Waals surface area contributed by atoms with Gasteiger partial charge in [-0.1, -0.05) is 65.7 Å². The lowest BCUT2D eigenvalue weighted by molar-refractivity contribution is 0.207. The molecule has 4 rings (SSSR count). The molecule has 0 unspecified atom stereocenters. The predicted octanol–water partition coefficient (Wildman–Crippen LogP) is 3.45. The molecule has 7 heteroatoms. The summed E-state index contributed by atoms with van der Waals surface area (Å²) in [5.74, 6) is 0.630. The average molecular weight is 518 g/mol. The van der Waals surface area contributed by atoms with Crippen molar-refractivity contribution >= 4 is 0 Å². The normalized spacial score (nSPS) is 16.2. The van der Waals surface area contributed by atoms with Crippen molar-refractivity contribution in [1.29, 1.82) is 0 Å². The lowest BCUT2D eigenvalue weighted by Crippen LogP contribution is -2.35. The van der Waals surface area contributed by atoms with Crippen LogP contribution < -0.4 is 11.5 Å². The van der Waals surface area contributed by atoms with Gasteiger partial charge < -0.3 is 21.7 Å². The molecule has 3 aromatic rings. The first-order valence-corrected chi connectivity index (χ1v) is 13.6. The molecular formula is C31H43N5O2. The second-order valence-corrected chi connectivity index (χ2v) is 10.6. The highest BCUT2D eigenvalue weighted by Gasteiger charge is 2.20. The Kier molecular flexibility index (Phi) is 9.77. The highest BCUT2D eigenvalue weighted by molar-refractivity contribution is 5.44. The van der Waals surface area contributed by atoms with E-state index in [4.69, 9.17) is 11.5 Å². The van der Waals surface area contributed by atoms with Gasteiger partial charge in [-0.15, -0.1) is 0 Å². The minimum atomic E-state index is 0.315. The highest BCUT2D eigenvalue weighted by Crippen LogP contribution is 2.27. The van der Waals surface area contributed by atoms with Gasteiger partial charge in [-0.3, -0.25) is 14.7 Å². The Balaban J connectivity index is 1.56. The summed E-state index contributed by atoms with van der Waals surface area (Å²) in [6, 6.07) is 18.7. The second kappa shape index (κ2) is 13.2. The maximum atomic E-state index is 10.9. The molecule has 0 atom stereocenters. The maximum absolute atomic E-state index is 10.9. The van der Waals surface area contributed by atoms with E-state index >= 15 is 0 Å². The number of hydrogen-bond acceptors (Lipinski definition) is 7. The molecule has 1 heterocycles. The molecule has 0 saturated carbocycles. The van der Waals surface area contributed by atoms with Crippen LogP contribution in [0.2, 0.25) is 0 Å². The first-order chi connectivity index (χ1) is 18.4. The summed E-state index contributed by atoms with van der Waals surface area (Å²) >= 11 is 0. The Morgan fingerprint density at radius 2 is 0.947 bits per heavy atom. The van der Waals surface area contributed by atoms with Crippen LogP contribution in [0.4, 0.5) is 0 Å². The molecule has 0 bridgehead atoms. The van der Waals surface area contributed by atoms with Crippen LogP contribution in [-0.4, -0.2) is 64.2 Å². The van der Waals surface area contributed by atoms with Crippen molar-refractivity contribution in [2.24, 2.45) is 11.5 Å². The fraction of sp³-hybridized carbons (Fsp3) is 0.419. The summed E-state index contributed by atoms with van der Waals surface area (Å²) in [6.45, 7) is 12.4. The number of nitrogens with two attached hydrogens (primary N) is 2. The molecule has 7 nitrogen and oxygen atoms in total. The van der Waals surface area contributed by atoms with E-state index in [1.165, 1.54) is 5.56 Å². The molecule has 0 spiro atoms. The minimum Gasteiger partial charge on any atom is -0.507 e. The van der Waals surface area contributed by atoms with E-state index in [0.29, 0.717) is 37.7 Å². The molecule has 0 radical (unpaired) electrons. The molecule has 38 heavy (non-hydrogen) atoms. The summed E-state index contributed by atoms with van der Waals surface area (Å²) in [5.41, 5.74) is 18.8. The van der Waals surface area contributed by atoms with Crippen molar-refractivity contribution in [3.63, 3.8) is 0 Å². The summed E-state index contributed by atoms with van der Waals surface area (Å²) in [4.78, 5) is 7.35. The Morgan fingerprint density at radius 1 is 0.579 bits per heavy atom. The summed E-state index contributed by atoms with van der Waals surface area (Å²) in [5, 5.41) is 21.7. The van der Waals surface area contributed by atoms with Gasteiger partial charge in [0.15, 0.2) is 0 Å². The fourth-order valence-electron chi connectivity index (χ4n) is 5.40. The van der Waals surface area contributed by atoms with Gasteiger partial charge in [0.1, 0.15) is 11.5 Å². The van der Waals surface area contributed by atoms with E-state index in [9.17, 15) is 10.2 Å². The number of hydrogen-bond donors (Lipinski definition) is 4. The van der Waals surface area contributed by atoms with Crippen molar-refractivity contribution in [2.45, 2.75) is 46.6 Å². The SMILES string of the molecule is Cc1cc(CN)c(O)c(CN2CCN(Cc3ccccc3)CCN(Cc3cc(C)cc(CN)c3O)CC2)c1. The molecule has 1 aliphatic rings. The van der Waals surface area contributed by atoms with E-state index in [2.05, 4.69) is 57.2 Å². The van der Waals surface area contributed by atoms with Crippen LogP contribution >= 0.6 is 0 Å². The molecule has 1 fully saturated rings. The molecule has 1 saturated heterocycles. The topological polar surface area (TPSA) is 102 Å². The largest absolute Gasteiger partial charge is 0.507 e. The third-order valence-corrected chi connectivity index (χ3v) is 7.50. The molecule has 6 N–H and O–H groups in total. The molecule has 3 aromatic carbocycles. The molecule has 0 aromatic heterocycles. The van der Waals surface area contributed by atoms with Crippen molar-refractivity contribution in [2.75, 3.05) is 39.3 Å². The van der Waals surface area contributed by atoms with Crippen molar-refractivity contribution < 1.29 is 10.2 Å². The van der Waals surface area contributed by atoms with Crippen molar-refractivity contribution in [3.8, 4) is 11.5 Å². The smallest absolute Gasteiger partial charge is 0.124 e. The van der Waals surface area contributed by atoms with Gasteiger partial charge in [-0.2, -0.15) is 0 Å². The highest BCUT2D eigenvalue weighted by atomic mass is 16.3. The third kappa shape index (κ3) is 7.34. The van der Waals surface area contributed by atoms with E-state index in [1.54, 1.807) is 0 Å². The van der Waals surface area contributed by atoms with Crippen LogP contribution in [0.25, 0.3) is 0 Å². The van der Waals surface area contributed by atoms with Gasteiger partial charge in [-0.25, -0.2) is 0 Å². The molecule has 1 aliphatic heterocycles. The predicted molar refractivity (Wildman–Crippen MR) is 154 cm³/mol. The fourth-order valence-corrected chi connectivity index (χ4v) is 5.40. The molecular weight excluding hydrogens is 474 g/mol. The van der Waals surface area contributed by atoms with Gasteiger partial charge in [-0.05, 0) is 19.4 Å². The number of rotatable bonds is 8. The van der Waals surface area contributed by atoms with Crippen LogP contribution in [0.15, 0.2) is 54.6 Å². The van der Waals surface area contributed by atoms with Crippen LogP contribution in [0.1, 0.15) is 38.9 Å². The summed E-state index contributed by atoms with van der Waals surface area (Å²) in [6.07, 6.45) is 0. The zero-order valence-corrected chi connectivity index (χ0v) is 22.9. The number of aryl methyl sites for hydroxylation is 2. The Hall–Kier alpha value is -2.94. The van der Waals surface area contributed by atoms with Gasteiger partial charge in [0.05, 0.1) is 0 Å². The lowest BCUT2D eigenvalue weighted by atomic mass is 10.0. The van der Waals surface area contributed by atoms with E-state index in [1.807, 2.05) is 26.0 Å². The zero-order chi connectivity index (χ0) is 27.1. The molecule has 0 amide bonds. The quantitative estimate of drug-likeness (QED) is 0.363. The minimum absolute atomic E-state index is 0.315. The second-order valence-electron chi connectivity index (χ2n) is 10.6. The van der Waals surface area contributed by atoms with Crippen LogP contribution in [0, 0.1) is 13.8 Å². The summed E-state index contributed by atoms with van der Waals surface area (Å²) < 4.78 is 0. The lowest BCUT2D eigenvalue weighted by Gasteiger charge is -2.27. The number of aromatic hydroxyl groups is 2.